The maximum atomic E-state index is 13.7. The van der Waals surface area contributed by atoms with E-state index in [4.69, 9.17) is 11.6 Å². The average molecular weight is 361 g/mol. The van der Waals surface area contributed by atoms with E-state index in [1.165, 1.54) is 24.3 Å². The summed E-state index contributed by atoms with van der Waals surface area (Å²) in [5, 5.41) is 14.9. The third-order valence-corrected chi connectivity index (χ3v) is 4.92. The number of aliphatic hydroxyl groups is 1. The highest BCUT2D eigenvalue weighted by atomic mass is 35.5. The monoisotopic (exact) mass is 360 g/mol. The molecule has 8 heteroatoms. The second-order valence-corrected chi connectivity index (χ2v) is 6.81. The molecule has 24 heavy (non-hydrogen) atoms. The van der Waals surface area contributed by atoms with E-state index in [0.29, 0.717) is 17.9 Å². The van der Waals surface area contributed by atoms with E-state index in [9.17, 15) is 23.1 Å². The molecule has 0 aromatic heterocycles. The summed E-state index contributed by atoms with van der Waals surface area (Å²) in [4.78, 5) is 12.6. The average Bonchev–Trinajstić information content (AvgIpc) is 2.81. The Balaban J connectivity index is 2.03. The molecule has 3 rings (SSSR count). The van der Waals surface area contributed by atoms with Crippen molar-refractivity contribution in [3.8, 4) is 0 Å². The first kappa shape index (κ1) is 17.2. The molecule has 1 fully saturated rings. The number of alkyl halides is 3. The molecule has 0 bridgehead atoms. The van der Waals surface area contributed by atoms with E-state index in [1.54, 1.807) is 0 Å². The molecule has 4 nitrogen and oxygen atoms in total. The van der Waals surface area contributed by atoms with Crippen LogP contribution in [-0.4, -0.2) is 33.6 Å². The molecule has 1 aromatic carbocycles. The Morgan fingerprint density at radius 1 is 1.38 bits per heavy atom. The molecule has 1 N–H and O–H groups in total. The van der Waals surface area contributed by atoms with Gasteiger partial charge in [-0.3, -0.25) is 4.79 Å². The molecular formula is C16H16ClF3N2O2. The lowest BCUT2D eigenvalue weighted by Gasteiger charge is -2.39. The second kappa shape index (κ2) is 5.74. The summed E-state index contributed by atoms with van der Waals surface area (Å²) >= 11 is 5.74. The molecular weight excluding hydrogens is 345 g/mol. The van der Waals surface area contributed by atoms with Crippen LogP contribution in [-0.2, 0) is 0 Å². The third kappa shape index (κ3) is 2.59. The van der Waals surface area contributed by atoms with Gasteiger partial charge in [0.25, 0.3) is 11.6 Å². The summed E-state index contributed by atoms with van der Waals surface area (Å²) in [6.07, 6.45) is -3.85. The van der Waals surface area contributed by atoms with Crippen molar-refractivity contribution in [1.82, 2.24) is 5.01 Å². The number of amides is 1. The Hall–Kier alpha value is -1.60. The first-order chi connectivity index (χ1) is 11.1. The lowest BCUT2D eigenvalue weighted by atomic mass is 9.76. The van der Waals surface area contributed by atoms with Gasteiger partial charge in [-0.2, -0.15) is 23.3 Å². The van der Waals surface area contributed by atoms with Gasteiger partial charge in [0.2, 0.25) is 0 Å². The first-order valence-corrected chi connectivity index (χ1v) is 7.99. The standard InChI is InChI=1S/C16H16ClF3N2O2/c1-9-2-7-13-12(8-9)15(24,16(18,19)20)22(21-13)14(23)10-3-5-11(17)6-4-10/h3-6,9,12,24H,2,7-8H2,1H3/t9-,12+,15+/m1/s1. The van der Waals surface area contributed by atoms with E-state index in [1.807, 2.05) is 6.92 Å². The maximum absolute atomic E-state index is 13.7. The van der Waals surface area contributed by atoms with Crippen molar-refractivity contribution in [2.45, 2.75) is 38.1 Å². The van der Waals surface area contributed by atoms with Crippen LogP contribution in [0.2, 0.25) is 5.02 Å². The van der Waals surface area contributed by atoms with Gasteiger partial charge in [0.05, 0.1) is 5.92 Å². The van der Waals surface area contributed by atoms with Gasteiger partial charge in [0, 0.05) is 16.3 Å². The lowest BCUT2D eigenvalue weighted by Crippen LogP contribution is -2.61. The number of hydrazone groups is 1. The van der Waals surface area contributed by atoms with Crippen LogP contribution in [0.15, 0.2) is 29.4 Å². The molecule has 2 aliphatic rings. The van der Waals surface area contributed by atoms with Gasteiger partial charge in [0.15, 0.2) is 0 Å². The Bertz CT molecular complexity index is 690. The van der Waals surface area contributed by atoms with Crippen molar-refractivity contribution >= 4 is 23.2 Å². The zero-order chi connectivity index (χ0) is 17.7. The van der Waals surface area contributed by atoms with Crippen LogP contribution >= 0.6 is 11.6 Å². The van der Waals surface area contributed by atoms with Gasteiger partial charge in [-0.25, -0.2) is 0 Å². The highest BCUT2D eigenvalue weighted by Gasteiger charge is 2.68. The molecule has 0 saturated heterocycles. The van der Waals surface area contributed by atoms with Crippen molar-refractivity contribution in [3.63, 3.8) is 0 Å². The largest absolute Gasteiger partial charge is 0.439 e. The van der Waals surface area contributed by atoms with Crippen molar-refractivity contribution in [1.29, 1.82) is 0 Å². The fourth-order valence-electron chi connectivity index (χ4n) is 3.33. The van der Waals surface area contributed by atoms with Gasteiger partial charge < -0.3 is 5.11 Å². The van der Waals surface area contributed by atoms with Crippen LogP contribution in [0.4, 0.5) is 13.2 Å². The summed E-state index contributed by atoms with van der Waals surface area (Å²) in [5.41, 5.74) is -3.10. The number of halogens is 4. The molecule has 1 aliphatic carbocycles. The van der Waals surface area contributed by atoms with E-state index in [0.717, 1.165) is 0 Å². The maximum Gasteiger partial charge on any atom is 0.439 e. The van der Waals surface area contributed by atoms with Crippen LogP contribution < -0.4 is 0 Å². The molecule has 130 valence electrons. The van der Waals surface area contributed by atoms with Crippen molar-refractivity contribution < 1.29 is 23.1 Å². The molecule has 1 heterocycles. The fourth-order valence-corrected chi connectivity index (χ4v) is 3.45. The number of carbonyl (C=O) groups excluding carboxylic acids is 1. The molecule has 1 saturated carbocycles. The number of hydrogen-bond acceptors (Lipinski definition) is 3. The molecule has 1 amide bonds. The minimum Gasteiger partial charge on any atom is -0.362 e. The SMILES string of the molecule is C[C@@H]1CCC2=NN(C(=O)c3ccc(Cl)cc3)[C@@](O)(C(F)(F)F)[C@H]2C1. The predicted molar refractivity (Wildman–Crippen MR) is 82.6 cm³/mol. The number of fused-ring (bicyclic) bond motifs is 1. The van der Waals surface area contributed by atoms with Crippen LogP contribution in [0.3, 0.4) is 0 Å². The Kier molecular flexibility index (Phi) is 4.12. The lowest BCUT2D eigenvalue weighted by molar-refractivity contribution is -0.313. The zero-order valence-electron chi connectivity index (χ0n) is 12.8. The first-order valence-electron chi connectivity index (χ1n) is 7.61. The topological polar surface area (TPSA) is 52.9 Å². The normalized spacial score (nSPS) is 30.1. The number of carbonyl (C=O) groups is 1. The predicted octanol–water partition coefficient (Wildman–Crippen LogP) is 3.84. The molecule has 3 atom stereocenters. The highest BCUT2D eigenvalue weighted by Crippen LogP contribution is 2.49. The summed E-state index contributed by atoms with van der Waals surface area (Å²) < 4.78 is 41.1. The summed E-state index contributed by atoms with van der Waals surface area (Å²) in [6, 6.07) is 5.43. The van der Waals surface area contributed by atoms with Crippen molar-refractivity contribution in [2.75, 3.05) is 0 Å². The van der Waals surface area contributed by atoms with E-state index in [2.05, 4.69) is 5.10 Å². The van der Waals surface area contributed by atoms with E-state index < -0.39 is 23.7 Å². The molecule has 1 aliphatic heterocycles. The fraction of sp³-hybridized carbons (Fsp3) is 0.500. The minimum atomic E-state index is -5.01. The molecule has 0 radical (unpaired) electrons. The Morgan fingerprint density at radius 2 is 2.00 bits per heavy atom. The van der Waals surface area contributed by atoms with Gasteiger partial charge >= 0.3 is 6.18 Å². The Morgan fingerprint density at radius 3 is 2.58 bits per heavy atom. The van der Waals surface area contributed by atoms with E-state index in [-0.39, 0.29) is 28.6 Å². The van der Waals surface area contributed by atoms with Gasteiger partial charge in [-0.15, -0.1) is 0 Å². The summed E-state index contributed by atoms with van der Waals surface area (Å²) in [5.74, 6) is -2.20. The van der Waals surface area contributed by atoms with Crippen LogP contribution in [0.1, 0.15) is 36.5 Å². The minimum absolute atomic E-state index is 0.0156. The number of rotatable bonds is 1. The Labute approximate surface area is 141 Å². The zero-order valence-corrected chi connectivity index (χ0v) is 13.6. The van der Waals surface area contributed by atoms with E-state index >= 15 is 0 Å². The van der Waals surface area contributed by atoms with Crippen LogP contribution in [0, 0.1) is 11.8 Å². The molecule has 0 spiro atoms. The number of nitrogens with zero attached hydrogens (tertiary/aromatic N) is 2. The van der Waals surface area contributed by atoms with Crippen LogP contribution in [0.25, 0.3) is 0 Å². The molecule has 1 aromatic rings. The summed E-state index contributed by atoms with van der Waals surface area (Å²) in [7, 11) is 0. The number of benzene rings is 1. The van der Waals surface area contributed by atoms with Gasteiger partial charge in [-0.1, -0.05) is 18.5 Å². The number of hydrogen-bond donors (Lipinski definition) is 1. The van der Waals surface area contributed by atoms with Crippen LogP contribution in [0.5, 0.6) is 0 Å². The van der Waals surface area contributed by atoms with Crippen molar-refractivity contribution in [3.05, 3.63) is 34.9 Å². The quantitative estimate of drug-likeness (QED) is 0.827. The third-order valence-electron chi connectivity index (χ3n) is 4.67. The van der Waals surface area contributed by atoms with Gasteiger partial charge in [-0.05, 0) is 49.4 Å². The highest BCUT2D eigenvalue weighted by molar-refractivity contribution is 6.30. The second-order valence-electron chi connectivity index (χ2n) is 6.37. The van der Waals surface area contributed by atoms with Gasteiger partial charge in [0.1, 0.15) is 0 Å². The molecule has 0 unspecified atom stereocenters. The summed E-state index contributed by atoms with van der Waals surface area (Å²) in [6.45, 7) is 1.83. The van der Waals surface area contributed by atoms with Crippen molar-refractivity contribution in [2.24, 2.45) is 16.9 Å². The smallest absolute Gasteiger partial charge is 0.362 e.